The molecule has 0 saturated carbocycles. The first-order chi connectivity index (χ1) is 4.86. The van der Waals surface area contributed by atoms with Gasteiger partial charge in [0.15, 0.2) is 0 Å². The van der Waals surface area contributed by atoms with Crippen molar-refractivity contribution >= 4 is 11.8 Å². The summed E-state index contributed by atoms with van der Waals surface area (Å²) in [7, 11) is 0. The number of hydrogen-bond donors (Lipinski definition) is 0. The molecule has 0 aliphatic carbocycles. The van der Waals surface area contributed by atoms with Gasteiger partial charge in [-0.3, -0.25) is 4.98 Å². The molecule has 0 aliphatic heterocycles. The van der Waals surface area contributed by atoms with Crippen molar-refractivity contribution < 1.29 is 0 Å². The molecule has 1 aromatic rings. The highest BCUT2D eigenvalue weighted by molar-refractivity contribution is 7.98. The molecule has 0 unspecified atom stereocenters. The normalized spacial score (nSPS) is 8.80. The van der Waals surface area contributed by atoms with Crippen LogP contribution < -0.4 is 0 Å². The van der Waals surface area contributed by atoms with E-state index < -0.39 is 0 Å². The van der Waals surface area contributed by atoms with Crippen LogP contribution in [0.2, 0.25) is 0 Å². The van der Waals surface area contributed by atoms with E-state index >= 15 is 0 Å². The lowest BCUT2D eigenvalue weighted by Gasteiger charge is -1.91. The quantitative estimate of drug-likeness (QED) is 0.567. The molecule has 0 spiro atoms. The molecule has 10 heavy (non-hydrogen) atoms. The molecule has 1 heterocycles. The summed E-state index contributed by atoms with van der Waals surface area (Å²) >= 11 is 1.56. The first kappa shape index (κ1) is 7.10. The summed E-state index contributed by atoms with van der Waals surface area (Å²) in [4.78, 5) is 4.75. The highest BCUT2D eigenvalue weighted by atomic mass is 32.2. The van der Waals surface area contributed by atoms with Gasteiger partial charge in [0, 0.05) is 11.1 Å². The van der Waals surface area contributed by atoms with E-state index in [0.717, 1.165) is 4.90 Å². The Morgan fingerprint density at radius 3 is 3.20 bits per heavy atom. The monoisotopic (exact) mass is 149 g/mol. The van der Waals surface area contributed by atoms with Gasteiger partial charge in [0.2, 0.25) is 0 Å². The van der Waals surface area contributed by atoms with E-state index in [2.05, 4.69) is 11.2 Å². The first-order valence-corrected chi connectivity index (χ1v) is 3.91. The van der Waals surface area contributed by atoms with Crippen LogP contribution in [-0.2, 0) is 0 Å². The average molecular weight is 149 g/mol. The summed E-state index contributed by atoms with van der Waals surface area (Å²) in [6.45, 7) is 0. The van der Waals surface area contributed by atoms with Crippen LogP contribution in [0.25, 0.3) is 0 Å². The lowest BCUT2D eigenvalue weighted by molar-refractivity contribution is 1.21. The Balaban J connectivity index is 3.01. The van der Waals surface area contributed by atoms with Gasteiger partial charge in [-0.2, -0.15) is 5.26 Å². The highest BCUT2D eigenvalue weighted by Gasteiger charge is 1.92. The maximum absolute atomic E-state index is 8.43. The Labute approximate surface area is 63.9 Å². The minimum absolute atomic E-state index is 0.492. The molecule has 0 N–H and O–H groups in total. The van der Waals surface area contributed by atoms with Crippen molar-refractivity contribution in [1.29, 1.82) is 5.26 Å². The number of pyridine rings is 1. The molecule has 1 rings (SSSR count). The number of nitriles is 1. The van der Waals surface area contributed by atoms with E-state index in [4.69, 9.17) is 5.26 Å². The molecule has 0 atom stereocenters. The Kier molecular flexibility index (Phi) is 2.30. The molecule has 1 aromatic heterocycles. The fraction of sp³-hybridized carbons (Fsp3) is 0.143. The minimum atomic E-state index is 0.492. The van der Waals surface area contributed by atoms with Crippen LogP contribution in [0.3, 0.4) is 0 Å². The average Bonchev–Trinajstić information content (AvgIpc) is 2.05. The number of hydrogen-bond acceptors (Lipinski definition) is 3. The maximum atomic E-state index is 8.43. The molecule has 49 valence electrons. The topological polar surface area (TPSA) is 36.7 Å². The molecule has 0 fully saturated rings. The Hall–Kier alpha value is -1.01. The summed E-state index contributed by atoms with van der Waals surface area (Å²) in [6, 6.07) is 3.73. The molecule has 0 aliphatic rings. The molecule has 1 radical (unpaired) electrons. The van der Waals surface area contributed by atoms with Crippen molar-refractivity contribution in [3.8, 4) is 6.07 Å². The second-order valence-corrected chi connectivity index (χ2v) is 2.53. The van der Waals surface area contributed by atoms with Crippen molar-refractivity contribution in [2.45, 2.75) is 4.90 Å². The zero-order chi connectivity index (χ0) is 7.40. The predicted octanol–water partition coefficient (Wildman–Crippen LogP) is 1.48. The minimum Gasteiger partial charge on any atom is -0.252 e. The Bertz CT molecular complexity index is 265. The first-order valence-electron chi connectivity index (χ1n) is 2.68. The van der Waals surface area contributed by atoms with Crippen LogP contribution in [-0.4, -0.2) is 11.2 Å². The molecular weight excluding hydrogens is 144 g/mol. The highest BCUT2D eigenvalue weighted by Crippen LogP contribution is 2.12. The van der Waals surface area contributed by atoms with Crippen LogP contribution >= 0.6 is 11.8 Å². The molecule has 0 saturated heterocycles. The molecular formula is C7H5N2S. The van der Waals surface area contributed by atoms with E-state index in [0.29, 0.717) is 5.56 Å². The predicted molar refractivity (Wildman–Crippen MR) is 39.6 cm³/mol. The van der Waals surface area contributed by atoms with Gasteiger partial charge in [0.25, 0.3) is 0 Å². The lowest BCUT2D eigenvalue weighted by atomic mass is 10.3. The third-order valence-electron chi connectivity index (χ3n) is 1.02. The van der Waals surface area contributed by atoms with Gasteiger partial charge in [-0.1, -0.05) is 0 Å². The van der Waals surface area contributed by atoms with Gasteiger partial charge < -0.3 is 0 Å². The van der Waals surface area contributed by atoms with Gasteiger partial charge >= 0.3 is 0 Å². The van der Waals surface area contributed by atoms with Crippen LogP contribution in [0, 0.1) is 17.5 Å². The van der Waals surface area contributed by atoms with E-state index in [1.165, 1.54) is 0 Å². The number of rotatable bonds is 1. The van der Waals surface area contributed by atoms with Crippen LogP contribution in [0.1, 0.15) is 5.56 Å². The van der Waals surface area contributed by atoms with Gasteiger partial charge in [0.05, 0.1) is 5.56 Å². The Morgan fingerprint density at radius 2 is 2.60 bits per heavy atom. The van der Waals surface area contributed by atoms with Crippen molar-refractivity contribution in [2.75, 3.05) is 6.26 Å². The van der Waals surface area contributed by atoms with Crippen LogP contribution in [0.5, 0.6) is 0 Å². The largest absolute Gasteiger partial charge is 0.252 e. The van der Waals surface area contributed by atoms with E-state index in [9.17, 15) is 0 Å². The molecule has 0 bridgehead atoms. The smallest absolute Gasteiger partial charge is 0.108 e. The SMILES string of the molecule is CSc1cn[c]c(C#N)c1. The summed E-state index contributed by atoms with van der Waals surface area (Å²) in [6.07, 6.45) is 6.20. The van der Waals surface area contributed by atoms with Gasteiger partial charge in [0.1, 0.15) is 12.3 Å². The van der Waals surface area contributed by atoms with Crippen molar-refractivity contribution in [2.24, 2.45) is 0 Å². The van der Waals surface area contributed by atoms with Crippen molar-refractivity contribution in [1.82, 2.24) is 4.98 Å². The maximum Gasteiger partial charge on any atom is 0.108 e. The van der Waals surface area contributed by atoms with Gasteiger partial charge in [-0.25, -0.2) is 0 Å². The van der Waals surface area contributed by atoms with Gasteiger partial charge in [-0.15, -0.1) is 11.8 Å². The molecule has 0 aromatic carbocycles. The lowest BCUT2D eigenvalue weighted by Crippen LogP contribution is -1.79. The third-order valence-corrected chi connectivity index (χ3v) is 1.71. The molecule has 0 amide bonds. The van der Waals surface area contributed by atoms with E-state index in [1.807, 2.05) is 12.3 Å². The second-order valence-electron chi connectivity index (χ2n) is 1.65. The number of nitrogens with zero attached hydrogens (tertiary/aromatic N) is 2. The second kappa shape index (κ2) is 3.23. The summed E-state index contributed by atoms with van der Waals surface area (Å²) < 4.78 is 0. The number of aromatic nitrogens is 1. The summed E-state index contributed by atoms with van der Waals surface area (Å²) in [5.74, 6) is 0. The fourth-order valence-electron chi connectivity index (χ4n) is 0.546. The van der Waals surface area contributed by atoms with Crippen LogP contribution in [0.15, 0.2) is 17.2 Å². The fourth-order valence-corrected chi connectivity index (χ4v) is 0.940. The summed E-state index contributed by atoms with van der Waals surface area (Å²) in [5.41, 5.74) is 0.492. The van der Waals surface area contributed by atoms with E-state index in [1.54, 1.807) is 24.0 Å². The van der Waals surface area contributed by atoms with Crippen LogP contribution in [0.4, 0.5) is 0 Å². The zero-order valence-corrected chi connectivity index (χ0v) is 6.27. The third kappa shape index (κ3) is 1.49. The van der Waals surface area contributed by atoms with Gasteiger partial charge in [-0.05, 0) is 12.3 Å². The molecule has 2 nitrogen and oxygen atoms in total. The standard InChI is InChI=1S/C7H5N2S/c1-10-7-2-6(3-8)4-9-5-7/h2,5H,1H3. The Morgan fingerprint density at radius 1 is 1.80 bits per heavy atom. The van der Waals surface area contributed by atoms with E-state index in [-0.39, 0.29) is 0 Å². The molecule has 3 heteroatoms. The van der Waals surface area contributed by atoms with Crippen molar-refractivity contribution in [3.05, 3.63) is 24.0 Å². The summed E-state index contributed by atoms with van der Waals surface area (Å²) in [5, 5.41) is 8.43. The zero-order valence-electron chi connectivity index (χ0n) is 5.46. The van der Waals surface area contributed by atoms with Crippen molar-refractivity contribution in [3.63, 3.8) is 0 Å². The number of thioether (sulfide) groups is 1.